The Labute approximate surface area is 113 Å². The topological polar surface area (TPSA) is 54.0 Å². The van der Waals surface area contributed by atoms with Gasteiger partial charge in [-0.05, 0) is 25.7 Å². The molecule has 0 saturated heterocycles. The van der Waals surface area contributed by atoms with E-state index in [1.807, 2.05) is 18.7 Å². The third-order valence-corrected chi connectivity index (χ3v) is 3.71. The standard InChI is InChI=1S/C13H21N3OS/c1-4-15-12-9-14-7-6-11(12)13(17)16-8-5-10(2)18-3/h6-7,9-10,15H,4-5,8H2,1-3H3,(H,16,17). The normalized spacial score (nSPS) is 11.9. The molecule has 1 aromatic rings. The Hall–Kier alpha value is -1.23. The summed E-state index contributed by atoms with van der Waals surface area (Å²) in [6, 6.07) is 1.74. The number of amides is 1. The van der Waals surface area contributed by atoms with Crippen LogP contribution in [0, 0.1) is 0 Å². The van der Waals surface area contributed by atoms with E-state index in [9.17, 15) is 4.79 Å². The van der Waals surface area contributed by atoms with Crippen molar-refractivity contribution in [3.8, 4) is 0 Å². The van der Waals surface area contributed by atoms with Gasteiger partial charge in [-0.1, -0.05) is 6.92 Å². The highest BCUT2D eigenvalue weighted by Crippen LogP contribution is 2.13. The highest BCUT2D eigenvalue weighted by Gasteiger charge is 2.10. The highest BCUT2D eigenvalue weighted by molar-refractivity contribution is 7.99. The summed E-state index contributed by atoms with van der Waals surface area (Å²) in [5, 5.41) is 6.65. The molecule has 0 radical (unpaired) electrons. The van der Waals surface area contributed by atoms with Crippen LogP contribution in [0.4, 0.5) is 5.69 Å². The quantitative estimate of drug-likeness (QED) is 0.796. The molecule has 100 valence electrons. The number of pyridine rings is 1. The Bertz CT molecular complexity index is 384. The lowest BCUT2D eigenvalue weighted by Gasteiger charge is -2.12. The summed E-state index contributed by atoms with van der Waals surface area (Å²) in [5.41, 5.74) is 1.44. The SMILES string of the molecule is CCNc1cnccc1C(=O)NCCC(C)SC. The maximum absolute atomic E-state index is 12.0. The van der Waals surface area contributed by atoms with Crippen molar-refractivity contribution in [1.29, 1.82) is 0 Å². The minimum absolute atomic E-state index is 0.0401. The summed E-state index contributed by atoms with van der Waals surface area (Å²) < 4.78 is 0. The van der Waals surface area contributed by atoms with E-state index in [0.29, 0.717) is 17.4 Å². The summed E-state index contributed by atoms with van der Waals surface area (Å²) in [6.45, 7) is 5.63. The average Bonchev–Trinajstić information content (AvgIpc) is 2.39. The zero-order valence-electron chi connectivity index (χ0n) is 11.2. The smallest absolute Gasteiger partial charge is 0.253 e. The van der Waals surface area contributed by atoms with Crippen molar-refractivity contribution < 1.29 is 4.79 Å². The highest BCUT2D eigenvalue weighted by atomic mass is 32.2. The third kappa shape index (κ3) is 4.56. The minimum atomic E-state index is -0.0401. The molecule has 0 aliphatic heterocycles. The lowest BCUT2D eigenvalue weighted by Crippen LogP contribution is -2.27. The molecule has 1 rings (SSSR count). The number of hydrogen-bond donors (Lipinski definition) is 2. The number of nitrogens with zero attached hydrogens (tertiary/aromatic N) is 1. The van der Waals surface area contributed by atoms with E-state index in [1.165, 1.54) is 0 Å². The number of thioether (sulfide) groups is 1. The molecule has 0 fully saturated rings. The van der Waals surface area contributed by atoms with Crippen LogP contribution in [-0.2, 0) is 0 Å². The maximum Gasteiger partial charge on any atom is 0.253 e. The van der Waals surface area contributed by atoms with Gasteiger partial charge in [0.15, 0.2) is 0 Å². The average molecular weight is 267 g/mol. The molecule has 1 unspecified atom stereocenters. The second kappa shape index (κ2) is 7.97. The van der Waals surface area contributed by atoms with Crippen LogP contribution < -0.4 is 10.6 Å². The van der Waals surface area contributed by atoms with E-state index in [1.54, 1.807) is 18.5 Å². The van der Waals surface area contributed by atoms with Gasteiger partial charge in [-0.25, -0.2) is 0 Å². The van der Waals surface area contributed by atoms with Gasteiger partial charge in [0.2, 0.25) is 0 Å². The van der Waals surface area contributed by atoms with Crippen molar-refractivity contribution in [3.63, 3.8) is 0 Å². The molecular formula is C13H21N3OS. The van der Waals surface area contributed by atoms with Gasteiger partial charge in [-0.15, -0.1) is 0 Å². The first-order chi connectivity index (χ1) is 8.69. The number of carbonyl (C=O) groups excluding carboxylic acids is 1. The fourth-order valence-electron chi connectivity index (χ4n) is 1.53. The Balaban J connectivity index is 2.55. The third-order valence-electron chi connectivity index (χ3n) is 2.67. The van der Waals surface area contributed by atoms with Crippen LogP contribution in [0.15, 0.2) is 18.5 Å². The molecule has 1 heterocycles. The molecule has 1 atom stereocenters. The summed E-state index contributed by atoms with van der Waals surface area (Å²) in [5.74, 6) is -0.0401. The van der Waals surface area contributed by atoms with E-state index in [4.69, 9.17) is 0 Å². The molecule has 0 saturated carbocycles. The molecule has 0 aromatic carbocycles. The van der Waals surface area contributed by atoms with E-state index in [-0.39, 0.29) is 5.91 Å². The van der Waals surface area contributed by atoms with Gasteiger partial charge in [0.25, 0.3) is 5.91 Å². The van der Waals surface area contributed by atoms with Gasteiger partial charge in [-0.2, -0.15) is 11.8 Å². The van der Waals surface area contributed by atoms with Gasteiger partial charge in [0.05, 0.1) is 17.4 Å². The van der Waals surface area contributed by atoms with E-state index in [2.05, 4.69) is 28.8 Å². The predicted molar refractivity (Wildman–Crippen MR) is 78.3 cm³/mol. The Morgan fingerprint density at radius 1 is 1.56 bits per heavy atom. The second-order valence-electron chi connectivity index (χ2n) is 4.04. The largest absolute Gasteiger partial charge is 0.383 e. The molecule has 2 N–H and O–H groups in total. The predicted octanol–water partition coefficient (Wildman–Crippen LogP) is 2.38. The molecule has 0 aliphatic carbocycles. The van der Waals surface area contributed by atoms with Crippen LogP contribution in [0.3, 0.4) is 0 Å². The fourth-order valence-corrected chi connectivity index (χ4v) is 1.88. The molecule has 1 aromatic heterocycles. The number of nitrogens with one attached hydrogen (secondary N) is 2. The molecule has 1 amide bonds. The van der Waals surface area contributed by atoms with Crippen LogP contribution in [0.1, 0.15) is 30.6 Å². The first-order valence-electron chi connectivity index (χ1n) is 6.17. The molecule has 0 bridgehead atoms. The van der Waals surface area contributed by atoms with Crippen LogP contribution in [-0.4, -0.2) is 35.5 Å². The lowest BCUT2D eigenvalue weighted by molar-refractivity contribution is 0.0954. The van der Waals surface area contributed by atoms with Crippen molar-refractivity contribution in [2.24, 2.45) is 0 Å². The van der Waals surface area contributed by atoms with Gasteiger partial charge >= 0.3 is 0 Å². The van der Waals surface area contributed by atoms with E-state index < -0.39 is 0 Å². The van der Waals surface area contributed by atoms with Crippen molar-refractivity contribution >= 4 is 23.4 Å². The van der Waals surface area contributed by atoms with Crippen molar-refractivity contribution in [2.45, 2.75) is 25.5 Å². The summed E-state index contributed by atoms with van der Waals surface area (Å²) >= 11 is 1.81. The van der Waals surface area contributed by atoms with Gasteiger partial charge < -0.3 is 10.6 Å². The summed E-state index contributed by atoms with van der Waals surface area (Å²) in [7, 11) is 0. The monoisotopic (exact) mass is 267 g/mol. The molecule has 18 heavy (non-hydrogen) atoms. The van der Waals surface area contributed by atoms with Crippen molar-refractivity contribution in [1.82, 2.24) is 10.3 Å². The Morgan fingerprint density at radius 2 is 2.33 bits per heavy atom. The molecule has 0 aliphatic rings. The minimum Gasteiger partial charge on any atom is -0.383 e. The first-order valence-corrected chi connectivity index (χ1v) is 7.46. The van der Waals surface area contributed by atoms with Gasteiger partial charge in [0.1, 0.15) is 0 Å². The molecule has 4 nitrogen and oxygen atoms in total. The van der Waals surface area contributed by atoms with Crippen LogP contribution in [0.25, 0.3) is 0 Å². The Kier molecular flexibility index (Phi) is 6.57. The zero-order valence-corrected chi connectivity index (χ0v) is 12.0. The number of aromatic nitrogens is 1. The van der Waals surface area contributed by atoms with Crippen LogP contribution in [0.5, 0.6) is 0 Å². The fraction of sp³-hybridized carbons (Fsp3) is 0.538. The molecular weight excluding hydrogens is 246 g/mol. The van der Waals surface area contributed by atoms with Crippen LogP contribution in [0.2, 0.25) is 0 Å². The van der Waals surface area contributed by atoms with Crippen molar-refractivity contribution in [3.05, 3.63) is 24.0 Å². The first kappa shape index (κ1) is 14.8. The summed E-state index contributed by atoms with van der Waals surface area (Å²) in [6.07, 6.45) is 6.39. The lowest BCUT2D eigenvalue weighted by atomic mass is 10.2. The number of anilines is 1. The van der Waals surface area contributed by atoms with Gasteiger partial charge in [0, 0.05) is 24.5 Å². The van der Waals surface area contributed by atoms with E-state index >= 15 is 0 Å². The van der Waals surface area contributed by atoms with E-state index in [0.717, 1.165) is 18.7 Å². The Morgan fingerprint density at radius 3 is 3.00 bits per heavy atom. The number of rotatable bonds is 7. The molecule has 5 heteroatoms. The summed E-state index contributed by atoms with van der Waals surface area (Å²) in [4.78, 5) is 16.0. The molecule has 0 spiro atoms. The maximum atomic E-state index is 12.0. The van der Waals surface area contributed by atoms with Crippen LogP contribution >= 0.6 is 11.8 Å². The van der Waals surface area contributed by atoms with Crippen molar-refractivity contribution in [2.75, 3.05) is 24.7 Å². The number of carbonyl (C=O) groups is 1. The van der Waals surface area contributed by atoms with Gasteiger partial charge in [-0.3, -0.25) is 9.78 Å². The number of hydrogen-bond acceptors (Lipinski definition) is 4. The second-order valence-corrected chi connectivity index (χ2v) is 5.32. The zero-order chi connectivity index (χ0) is 13.4.